The van der Waals surface area contributed by atoms with Crippen molar-refractivity contribution >= 4 is 17.3 Å². The summed E-state index contributed by atoms with van der Waals surface area (Å²) in [7, 11) is 0. The Morgan fingerprint density at radius 2 is 1.67 bits per heavy atom. The van der Waals surface area contributed by atoms with Gasteiger partial charge in [0.1, 0.15) is 0 Å². The first-order chi connectivity index (χ1) is 11.8. The molecule has 0 saturated carbocycles. The van der Waals surface area contributed by atoms with E-state index in [-0.39, 0.29) is 0 Å². The molecule has 120 valence electrons. The second-order valence-corrected chi connectivity index (χ2v) is 7.15. The Kier molecular flexibility index (Phi) is 3.20. The Bertz CT molecular complexity index is 925. The van der Waals surface area contributed by atoms with Crippen molar-refractivity contribution in [3.05, 3.63) is 64.9 Å². The van der Waals surface area contributed by atoms with Crippen molar-refractivity contribution in [2.45, 2.75) is 19.3 Å². The van der Waals surface area contributed by atoms with E-state index in [1.165, 1.54) is 65.9 Å². The largest absolute Gasteiger partial charge is 0.371 e. The standard InChI is InChI=1S/C21H19ClN2/c22-20-6-2-1-5-17(20)19-13-23-12-18(19)16-10-14-4-3-8-24-9-7-15(11-16)21(14)24/h1-2,5-6,10-13,23H,3-4,7-9H2. The van der Waals surface area contributed by atoms with Gasteiger partial charge in [0.2, 0.25) is 0 Å². The average Bonchev–Trinajstić information content (AvgIpc) is 3.24. The van der Waals surface area contributed by atoms with Gasteiger partial charge >= 0.3 is 0 Å². The van der Waals surface area contributed by atoms with Gasteiger partial charge < -0.3 is 9.88 Å². The number of rotatable bonds is 2. The number of aromatic nitrogens is 1. The highest BCUT2D eigenvalue weighted by Gasteiger charge is 2.26. The summed E-state index contributed by atoms with van der Waals surface area (Å²) in [5.41, 5.74) is 9.35. The van der Waals surface area contributed by atoms with Crippen molar-refractivity contribution in [3.63, 3.8) is 0 Å². The van der Waals surface area contributed by atoms with E-state index in [4.69, 9.17) is 11.6 Å². The zero-order valence-corrected chi connectivity index (χ0v) is 14.2. The first-order valence-electron chi connectivity index (χ1n) is 8.64. The van der Waals surface area contributed by atoms with Gasteiger partial charge in [0, 0.05) is 52.9 Å². The molecule has 2 aliphatic heterocycles. The molecular formula is C21H19ClN2. The van der Waals surface area contributed by atoms with Crippen molar-refractivity contribution in [1.29, 1.82) is 0 Å². The fourth-order valence-corrected chi connectivity index (χ4v) is 4.50. The number of aryl methyl sites for hydroxylation is 1. The van der Waals surface area contributed by atoms with Crippen LogP contribution in [0.15, 0.2) is 48.8 Å². The molecule has 0 fully saturated rings. The van der Waals surface area contributed by atoms with Gasteiger partial charge in [0.05, 0.1) is 0 Å². The molecular weight excluding hydrogens is 316 g/mol. The summed E-state index contributed by atoms with van der Waals surface area (Å²) in [4.78, 5) is 5.84. The molecule has 0 unspecified atom stereocenters. The van der Waals surface area contributed by atoms with Crippen molar-refractivity contribution in [2.24, 2.45) is 0 Å². The highest BCUT2D eigenvalue weighted by molar-refractivity contribution is 6.33. The van der Waals surface area contributed by atoms with Crippen molar-refractivity contribution in [1.82, 2.24) is 4.98 Å². The number of hydrogen-bond acceptors (Lipinski definition) is 1. The van der Waals surface area contributed by atoms with Crippen molar-refractivity contribution in [3.8, 4) is 22.3 Å². The predicted molar refractivity (Wildman–Crippen MR) is 101 cm³/mol. The monoisotopic (exact) mass is 334 g/mol. The van der Waals surface area contributed by atoms with Gasteiger partial charge in [-0.2, -0.15) is 0 Å². The molecule has 1 N–H and O–H groups in total. The number of nitrogens with one attached hydrogen (secondary N) is 1. The number of hydrogen-bond donors (Lipinski definition) is 1. The van der Waals surface area contributed by atoms with E-state index in [1.54, 1.807) is 0 Å². The normalized spacial score (nSPS) is 15.6. The van der Waals surface area contributed by atoms with Gasteiger partial charge in [0.25, 0.3) is 0 Å². The molecule has 5 rings (SSSR count). The Labute approximate surface area is 147 Å². The summed E-state index contributed by atoms with van der Waals surface area (Å²) >= 11 is 6.44. The molecule has 0 radical (unpaired) electrons. The van der Waals surface area contributed by atoms with E-state index < -0.39 is 0 Å². The highest BCUT2D eigenvalue weighted by atomic mass is 35.5. The second-order valence-electron chi connectivity index (χ2n) is 6.75. The summed E-state index contributed by atoms with van der Waals surface area (Å²) in [5.74, 6) is 0. The molecule has 0 spiro atoms. The van der Waals surface area contributed by atoms with E-state index in [2.05, 4.69) is 40.5 Å². The van der Waals surface area contributed by atoms with Crippen LogP contribution >= 0.6 is 11.6 Å². The van der Waals surface area contributed by atoms with Gasteiger partial charge in [-0.05, 0) is 54.2 Å². The molecule has 3 heteroatoms. The first kappa shape index (κ1) is 14.2. The molecule has 24 heavy (non-hydrogen) atoms. The molecule has 1 aromatic heterocycles. The van der Waals surface area contributed by atoms with Crippen LogP contribution in [0.2, 0.25) is 5.02 Å². The highest BCUT2D eigenvalue weighted by Crippen LogP contribution is 2.42. The molecule has 0 saturated heterocycles. The molecule has 2 nitrogen and oxygen atoms in total. The third-order valence-electron chi connectivity index (χ3n) is 5.33. The predicted octanol–water partition coefficient (Wildman–Crippen LogP) is 5.31. The summed E-state index contributed by atoms with van der Waals surface area (Å²) in [6, 6.07) is 12.8. The molecule has 0 bridgehead atoms. The molecule has 2 aliphatic rings. The van der Waals surface area contributed by atoms with E-state index in [0.29, 0.717) is 0 Å². The topological polar surface area (TPSA) is 19.0 Å². The van der Waals surface area contributed by atoms with Crippen LogP contribution in [0.3, 0.4) is 0 Å². The third kappa shape index (κ3) is 2.10. The van der Waals surface area contributed by atoms with Gasteiger partial charge in [-0.15, -0.1) is 0 Å². The van der Waals surface area contributed by atoms with Gasteiger partial charge in [0.15, 0.2) is 0 Å². The number of benzene rings is 2. The van der Waals surface area contributed by atoms with Crippen LogP contribution in [0.25, 0.3) is 22.3 Å². The molecule has 0 amide bonds. The fraction of sp³-hybridized carbons (Fsp3) is 0.238. The fourth-order valence-electron chi connectivity index (χ4n) is 4.26. The zero-order chi connectivity index (χ0) is 16.1. The quantitative estimate of drug-likeness (QED) is 0.672. The Balaban J connectivity index is 1.67. The van der Waals surface area contributed by atoms with Gasteiger partial charge in [-0.25, -0.2) is 0 Å². The maximum Gasteiger partial charge on any atom is 0.0485 e. The maximum absolute atomic E-state index is 6.44. The zero-order valence-electron chi connectivity index (χ0n) is 13.5. The molecule has 0 atom stereocenters. The summed E-state index contributed by atoms with van der Waals surface area (Å²) in [6.07, 6.45) is 7.78. The average molecular weight is 335 g/mol. The number of halogens is 1. The summed E-state index contributed by atoms with van der Waals surface area (Å²) in [5, 5.41) is 0.798. The van der Waals surface area contributed by atoms with Gasteiger partial charge in [-0.1, -0.05) is 29.8 Å². The maximum atomic E-state index is 6.44. The smallest absolute Gasteiger partial charge is 0.0485 e. The third-order valence-corrected chi connectivity index (χ3v) is 5.66. The van der Waals surface area contributed by atoms with Crippen LogP contribution in [0.5, 0.6) is 0 Å². The lowest BCUT2D eigenvalue weighted by atomic mass is 9.92. The number of nitrogens with zero attached hydrogens (tertiary/aromatic N) is 1. The van der Waals surface area contributed by atoms with Crippen molar-refractivity contribution < 1.29 is 0 Å². The Hall–Kier alpha value is -2.19. The van der Waals surface area contributed by atoms with E-state index in [1.807, 2.05) is 18.2 Å². The van der Waals surface area contributed by atoms with Crippen LogP contribution in [0, 0.1) is 0 Å². The van der Waals surface area contributed by atoms with E-state index in [0.717, 1.165) is 10.6 Å². The Morgan fingerprint density at radius 3 is 2.54 bits per heavy atom. The molecule has 3 heterocycles. The minimum atomic E-state index is 0.798. The second kappa shape index (κ2) is 5.42. The van der Waals surface area contributed by atoms with Crippen LogP contribution in [-0.4, -0.2) is 18.1 Å². The minimum absolute atomic E-state index is 0.798. The summed E-state index contributed by atoms with van der Waals surface area (Å²) in [6.45, 7) is 2.39. The Morgan fingerprint density at radius 1 is 0.875 bits per heavy atom. The van der Waals surface area contributed by atoms with Crippen LogP contribution < -0.4 is 4.90 Å². The SMILES string of the molecule is Clc1ccccc1-c1c[nH]cc1-c1cc2c3c(c1)CCN3CCC2. The lowest BCUT2D eigenvalue weighted by molar-refractivity contribution is 0.719. The van der Waals surface area contributed by atoms with E-state index in [9.17, 15) is 0 Å². The lowest BCUT2D eigenvalue weighted by Crippen LogP contribution is -2.26. The molecule has 2 aromatic carbocycles. The molecule has 0 aliphatic carbocycles. The number of aromatic amines is 1. The van der Waals surface area contributed by atoms with Crippen LogP contribution in [-0.2, 0) is 12.8 Å². The summed E-state index contributed by atoms with van der Waals surface area (Å²) < 4.78 is 0. The van der Waals surface area contributed by atoms with Crippen molar-refractivity contribution in [2.75, 3.05) is 18.0 Å². The number of H-pyrrole nitrogens is 1. The van der Waals surface area contributed by atoms with E-state index >= 15 is 0 Å². The molecule has 3 aromatic rings. The number of anilines is 1. The lowest BCUT2D eigenvalue weighted by Gasteiger charge is -2.27. The van der Waals surface area contributed by atoms with Crippen LogP contribution in [0.4, 0.5) is 5.69 Å². The van der Waals surface area contributed by atoms with Crippen LogP contribution in [0.1, 0.15) is 17.5 Å². The minimum Gasteiger partial charge on any atom is -0.371 e. The van der Waals surface area contributed by atoms with Gasteiger partial charge in [-0.3, -0.25) is 0 Å². The first-order valence-corrected chi connectivity index (χ1v) is 9.02.